The lowest BCUT2D eigenvalue weighted by Crippen LogP contribution is -2.38. The molecule has 2 aromatic carbocycles. The molecule has 0 bridgehead atoms. The van der Waals surface area contributed by atoms with Gasteiger partial charge < -0.3 is 9.30 Å². The van der Waals surface area contributed by atoms with Gasteiger partial charge in [0.05, 0.1) is 6.54 Å². The SMILES string of the molecule is CCc1ccccc1-c1nnc2n1CCN(C(=O)OCc1ccccc1)C2. The Balaban J connectivity index is 1.47. The number of carbonyl (C=O) groups is 1. The van der Waals surface area contributed by atoms with Gasteiger partial charge in [-0.2, -0.15) is 0 Å². The van der Waals surface area contributed by atoms with Crippen LogP contribution in [0.1, 0.15) is 23.9 Å². The highest BCUT2D eigenvalue weighted by Gasteiger charge is 2.26. The van der Waals surface area contributed by atoms with E-state index in [-0.39, 0.29) is 12.7 Å². The van der Waals surface area contributed by atoms with Gasteiger partial charge in [-0.05, 0) is 17.5 Å². The maximum absolute atomic E-state index is 12.4. The third-order valence-electron chi connectivity index (χ3n) is 4.86. The van der Waals surface area contributed by atoms with Gasteiger partial charge in [0, 0.05) is 18.7 Å². The molecule has 6 nitrogen and oxygen atoms in total. The van der Waals surface area contributed by atoms with Crippen LogP contribution in [0.4, 0.5) is 4.79 Å². The van der Waals surface area contributed by atoms with Gasteiger partial charge in [0.2, 0.25) is 0 Å². The van der Waals surface area contributed by atoms with Crippen molar-refractivity contribution >= 4 is 6.09 Å². The van der Waals surface area contributed by atoms with Crippen molar-refractivity contribution in [3.63, 3.8) is 0 Å². The van der Waals surface area contributed by atoms with Gasteiger partial charge in [-0.15, -0.1) is 10.2 Å². The maximum Gasteiger partial charge on any atom is 0.410 e. The summed E-state index contributed by atoms with van der Waals surface area (Å²) in [6.07, 6.45) is 0.625. The fourth-order valence-electron chi connectivity index (χ4n) is 3.37. The molecular formula is C21H22N4O2. The Morgan fingerprint density at radius 1 is 1.04 bits per heavy atom. The highest BCUT2D eigenvalue weighted by Crippen LogP contribution is 2.25. The molecule has 6 heteroatoms. The average Bonchev–Trinajstić information content (AvgIpc) is 3.15. The molecule has 0 fully saturated rings. The summed E-state index contributed by atoms with van der Waals surface area (Å²) < 4.78 is 7.55. The normalized spacial score (nSPS) is 13.3. The van der Waals surface area contributed by atoms with Crippen LogP contribution in [0.3, 0.4) is 0 Å². The largest absolute Gasteiger partial charge is 0.445 e. The summed E-state index contributed by atoms with van der Waals surface area (Å²) in [5.41, 5.74) is 3.33. The molecule has 0 N–H and O–H groups in total. The van der Waals surface area contributed by atoms with Gasteiger partial charge in [-0.25, -0.2) is 4.79 Å². The molecule has 1 aliphatic rings. The van der Waals surface area contributed by atoms with Gasteiger partial charge in [0.15, 0.2) is 11.6 Å². The third-order valence-corrected chi connectivity index (χ3v) is 4.86. The molecule has 3 aromatic rings. The van der Waals surface area contributed by atoms with Crippen LogP contribution in [-0.4, -0.2) is 32.3 Å². The van der Waals surface area contributed by atoms with Crippen LogP contribution in [0.2, 0.25) is 0 Å². The van der Waals surface area contributed by atoms with Crippen LogP contribution in [0.25, 0.3) is 11.4 Å². The minimum atomic E-state index is -0.316. The number of ether oxygens (including phenoxy) is 1. The second kappa shape index (κ2) is 7.61. The molecule has 1 amide bonds. The second-order valence-corrected chi connectivity index (χ2v) is 6.56. The van der Waals surface area contributed by atoms with Gasteiger partial charge >= 0.3 is 6.09 Å². The monoisotopic (exact) mass is 362 g/mol. The number of hydrogen-bond acceptors (Lipinski definition) is 4. The highest BCUT2D eigenvalue weighted by molar-refractivity contribution is 5.68. The van der Waals surface area contributed by atoms with Crippen molar-refractivity contribution in [1.82, 2.24) is 19.7 Å². The van der Waals surface area contributed by atoms with E-state index in [0.29, 0.717) is 19.6 Å². The Labute approximate surface area is 158 Å². The maximum atomic E-state index is 12.4. The highest BCUT2D eigenvalue weighted by atomic mass is 16.6. The summed E-state index contributed by atoms with van der Waals surface area (Å²) in [6.45, 7) is 4.07. The van der Waals surface area contributed by atoms with Gasteiger partial charge in [-0.1, -0.05) is 61.5 Å². The van der Waals surface area contributed by atoms with Crippen LogP contribution in [0.5, 0.6) is 0 Å². The lowest BCUT2D eigenvalue weighted by molar-refractivity contribution is 0.0862. The van der Waals surface area contributed by atoms with Crippen LogP contribution in [0.15, 0.2) is 54.6 Å². The summed E-state index contributed by atoms with van der Waals surface area (Å²) in [7, 11) is 0. The van der Waals surface area contributed by atoms with Crippen molar-refractivity contribution < 1.29 is 9.53 Å². The molecule has 4 rings (SSSR count). The first-order chi connectivity index (χ1) is 13.3. The Morgan fingerprint density at radius 3 is 2.63 bits per heavy atom. The molecular weight excluding hydrogens is 340 g/mol. The van der Waals surface area contributed by atoms with E-state index in [2.05, 4.69) is 33.8 Å². The number of aromatic nitrogens is 3. The summed E-state index contributed by atoms with van der Waals surface area (Å²) in [5.74, 6) is 1.67. The van der Waals surface area contributed by atoms with Crippen molar-refractivity contribution in [1.29, 1.82) is 0 Å². The summed E-state index contributed by atoms with van der Waals surface area (Å²) >= 11 is 0. The van der Waals surface area contributed by atoms with Crippen molar-refractivity contribution in [3.05, 3.63) is 71.5 Å². The van der Waals surface area contributed by atoms with Gasteiger partial charge in [-0.3, -0.25) is 4.90 Å². The number of amides is 1. The molecule has 1 aliphatic heterocycles. The van der Waals surface area contributed by atoms with Gasteiger partial charge in [0.1, 0.15) is 6.61 Å². The van der Waals surface area contributed by atoms with Crippen LogP contribution in [-0.2, 0) is 30.9 Å². The average molecular weight is 362 g/mol. The van der Waals surface area contributed by atoms with E-state index in [4.69, 9.17) is 4.74 Å². The third kappa shape index (κ3) is 3.56. The number of carbonyl (C=O) groups excluding carboxylic acids is 1. The predicted molar refractivity (Wildman–Crippen MR) is 102 cm³/mol. The number of fused-ring (bicyclic) bond motifs is 1. The summed E-state index contributed by atoms with van der Waals surface area (Å²) in [6, 6.07) is 18.0. The molecule has 0 unspecified atom stereocenters. The van der Waals surface area contributed by atoms with Crippen LogP contribution >= 0.6 is 0 Å². The molecule has 0 radical (unpaired) electrons. The van der Waals surface area contributed by atoms with Crippen molar-refractivity contribution in [3.8, 4) is 11.4 Å². The number of aryl methyl sites for hydroxylation is 1. The molecule has 0 atom stereocenters. The first-order valence-electron chi connectivity index (χ1n) is 9.22. The fraction of sp³-hybridized carbons (Fsp3) is 0.286. The van der Waals surface area contributed by atoms with Crippen LogP contribution < -0.4 is 0 Å². The zero-order valence-corrected chi connectivity index (χ0v) is 15.3. The topological polar surface area (TPSA) is 60.2 Å². The fourth-order valence-corrected chi connectivity index (χ4v) is 3.37. The number of benzene rings is 2. The first-order valence-corrected chi connectivity index (χ1v) is 9.22. The Bertz CT molecular complexity index is 936. The number of hydrogen-bond donors (Lipinski definition) is 0. The first kappa shape index (κ1) is 17.3. The molecule has 0 saturated heterocycles. The molecule has 0 aliphatic carbocycles. The van der Waals surface area contributed by atoms with E-state index in [1.165, 1.54) is 5.56 Å². The van der Waals surface area contributed by atoms with E-state index < -0.39 is 0 Å². The van der Waals surface area contributed by atoms with Crippen molar-refractivity contribution in [2.24, 2.45) is 0 Å². The van der Waals surface area contributed by atoms with E-state index in [1.807, 2.05) is 42.5 Å². The minimum absolute atomic E-state index is 0.276. The molecule has 2 heterocycles. The second-order valence-electron chi connectivity index (χ2n) is 6.56. The molecule has 27 heavy (non-hydrogen) atoms. The van der Waals surface area contributed by atoms with Crippen molar-refractivity contribution in [2.45, 2.75) is 33.0 Å². The van der Waals surface area contributed by atoms with Crippen molar-refractivity contribution in [2.75, 3.05) is 6.54 Å². The summed E-state index contributed by atoms with van der Waals surface area (Å²) in [5, 5.41) is 8.72. The standard InChI is InChI=1S/C21H22N4O2/c1-2-17-10-6-7-11-18(17)20-23-22-19-14-24(12-13-25(19)20)21(26)27-15-16-8-4-3-5-9-16/h3-11H,2,12-15H2,1H3. The minimum Gasteiger partial charge on any atom is -0.445 e. The van der Waals surface area contributed by atoms with E-state index >= 15 is 0 Å². The van der Waals surface area contributed by atoms with Gasteiger partial charge in [0.25, 0.3) is 0 Å². The molecule has 1 aromatic heterocycles. The lowest BCUT2D eigenvalue weighted by Gasteiger charge is -2.27. The summed E-state index contributed by atoms with van der Waals surface area (Å²) in [4.78, 5) is 14.1. The number of rotatable bonds is 4. The molecule has 138 valence electrons. The quantitative estimate of drug-likeness (QED) is 0.711. The van der Waals surface area contributed by atoms with E-state index in [9.17, 15) is 4.79 Å². The zero-order valence-electron chi connectivity index (χ0n) is 15.3. The Hall–Kier alpha value is -3.15. The molecule has 0 spiro atoms. The zero-order chi connectivity index (χ0) is 18.6. The Morgan fingerprint density at radius 2 is 1.81 bits per heavy atom. The molecule has 0 saturated carbocycles. The van der Waals surface area contributed by atoms with E-state index in [1.54, 1.807) is 4.90 Å². The Kier molecular flexibility index (Phi) is 4.87. The van der Waals surface area contributed by atoms with E-state index in [0.717, 1.165) is 29.2 Å². The predicted octanol–water partition coefficient (Wildman–Crippen LogP) is 3.66. The number of nitrogens with zero attached hydrogens (tertiary/aromatic N) is 4. The van der Waals surface area contributed by atoms with Crippen LogP contribution in [0, 0.1) is 0 Å². The lowest BCUT2D eigenvalue weighted by atomic mass is 10.0. The smallest absolute Gasteiger partial charge is 0.410 e.